The zero-order chi connectivity index (χ0) is 16.4. The lowest BCUT2D eigenvalue weighted by atomic mass is 9.44. The molecule has 0 aliphatic heterocycles. The summed E-state index contributed by atoms with van der Waals surface area (Å²) >= 11 is 0. The van der Waals surface area contributed by atoms with Crippen molar-refractivity contribution in [1.82, 2.24) is 0 Å². The van der Waals surface area contributed by atoms with E-state index in [1.165, 1.54) is 0 Å². The van der Waals surface area contributed by atoms with Crippen molar-refractivity contribution >= 4 is 17.3 Å². The van der Waals surface area contributed by atoms with E-state index in [-0.39, 0.29) is 22.5 Å². The van der Waals surface area contributed by atoms with E-state index in [9.17, 15) is 14.4 Å². The second-order valence-corrected chi connectivity index (χ2v) is 8.85. The molecule has 4 aliphatic carbocycles. The van der Waals surface area contributed by atoms with Gasteiger partial charge in [0, 0.05) is 37.0 Å². The molecule has 3 nitrogen and oxygen atoms in total. The minimum absolute atomic E-state index is 0.0311. The van der Waals surface area contributed by atoms with Crippen molar-refractivity contribution in [3.8, 4) is 0 Å². The molecule has 4 fully saturated rings. The Labute approximate surface area is 138 Å². The van der Waals surface area contributed by atoms with Crippen LogP contribution >= 0.6 is 0 Å². The molecule has 4 saturated carbocycles. The Morgan fingerprint density at radius 3 is 2.52 bits per heavy atom. The number of rotatable bonds is 1. The van der Waals surface area contributed by atoms with Crippen molar-refractivity contribution in [2.75, 3.05) is 0 Å². The average Bonchev–Trinajstić information content (AvgIpc) is 2.84. The Morgan fingerprint density at radius 2 is 1.78 bits per heavy atom. The largest absolute Gasteiger partial charge is 0.300 e. The maximum atomic E-state index is 12.9. The second-order valence-electron chi connectivity index (χ2n) is 8.85. The van der Waals surface area contributed by atoms with Crippen molar-refractivity contribution in [2.45, 2.75) is 71.6 Å². The summed E-state index contributed by atoms with van der Waals surface area (Å²) < 4.78 is 0. The van der Waals surface area contributed by atoms with Gasteiger partial charge in [0.2, 0.25) is 0 Å². The molecule has 0 radical (unpaired) electrons. The van der Waals surface area contributed by atoms with Crippen molar-refractivity contribution in [2.24, 2.45) is 34.5 Å². The van der Waals surface area contributed by atoms with Crippen molar-refractivity contribution in [1.29, 1.82) is 0 Å². The third-order valence-electron chi connectivity index (χ3n) is 8.36. The van der Waals surface area contributed by atoms with Gasteiger partial charge in [0.15, 0.2) is 0 Å². The fraction of sp³-hybridized carbons (Fsp3) is 0.850. The fourth-order valence-electron chi connectivity index (χ4n) is 7.07. The van der Waals surface area contributed by atoms with Crippen molar-refractivity contribution < 1.29 is 14.4 Å². The minimum atomic E-state index is -0.173. The highest BCUT2D eigenvalue weighted by Gasteiger charge is 2.63. The molecule has 0 N–H and O–H groups in total. The molecule has 126 valence electrons. The molecule has 0 spiro atoms. The van der Waals surface area contributed by atoms with Crippen molar-refractivity contribution in [3.05, 3.63) is 0 Å². The molecule has 0 aromatic rings. The Bertz CT molecular complexity index is 579. The monoisotopic (exact) mass is 316 g/mol. The van der Waals surface area contributed by atoms with Gasteiger partial charge in [-0.25, -0.2) is 0 Å². The lowest BCUT2D eigenvalue weighted by molar-refractivity contribution is -0.162. The summed E-state index contributed by atoms with van der Waals surface area (Å²) in [5.74, 6) is 2.34. The molecule has 0 aromatic carbocycles. The van der Waals surface area contributed by atoms with Crippen molar-refractivity contribution in [3.63, 3.8) is 0 Å². The van der Waals surface area contributed by atoms with Crippen LogP contribution in [-0.2, 0) is 14.4 Å². The van der Waals surface area contributed by atoms with Crippen LogP contribution in [0.15, 0.2) is 0 Å². The summed E-state index contributed by atoms with van der Waals surface area (Å²) in [6.45, 7) is 4.37. The molecule has 0 saturated heterocycles. The second kappa shape index (κ2) is 5.00. The minimum Gasteiger partial charge on any atom is -0.300 e. The Balaban J connectivity index is 1.73. The number of hydrogen-bond donors (Lipinski definition) is 0. The van der Waals surface area contributed by atoms with Gasteiger partial charge in [-0.05, 0) is 55.3 Å². The summed E-state index contributed by atoms with van der Waals surface area (Å²) in [5.41, 5.74) is -0.130. The predicted molar refractivity (Wildman–Crippen MR) is 86.7 cm³/mol. The first-order valence-corrected chi connectivity index (χ1v) is 9.50. The van der Waals surface area contributed by atoms with E-state index >= 15 is 0 Å². The maximum Gasteiger partial charge on any atom is 0.139 e. The van der Waals surface area contributed by atoms with Crippen LogP contribution in [-0.4, -0.2) is 17.3 Å². The molecule has 6 atom stereocenters. The summed E-state index contributed by atoms with van der Waals surface area (Å²) in [4.78, 5) is 37.3. The Kier molecular flexibility index (Phi) is 3.38. The highest BCUT2D eigenvalue weighted by atomic mass is 16.1. The van der Waals surface area contributed by atoms with Crippen LogP contribution in [0.1, 0.15) is 71.6 Å². The van der Waals surface area contributed by atoms with E-state index in [4.69, 9.17) is 0 Å². The van der Waals surface area contributed by atoms with E-state index < -0.39 is 0 Å². The molecule has 0 heterocycles. The van der Waals surface area contributed by atoms with Crippen LogP contribution in [0.5, 0.6) is 0 Å². The summed E-state index contributed by atoms with van der Waals surface area (Å²) in [7, 11) is 0. The third kappa shape index (κ3) is 1.91. The van der Waals surface area contributed by atoms with Crippen LogP contribution in [0.3, 0.4) is 0 Å². The lowest BCUT2D eigenvalue weighted by Gasteiger charge is -2.59. The van der Waals surface area contributed by atoms with Gasteiger partial charge in [0.05, 0.1) is 0 Å². The van der Waals surface area contributed by atoms with Crippen LogP contribution in [0.2, 0.25) is 0 Å². The summed E-state index contributed by atoms with van der Waals surface area (Å²) in [6, 6.07) is 0. The first kappa shape index (κ1) is 15.5. The summed E-state index contributed by atoms with van der Waals surface area (Å²) in [6.07, 6.45) is 7.43. The molecular formula is C20H28O3. The molecule has 0 bridgehead atoms. The van der Waals surface area contributed by atoms with Gasteiger partial charge in [-0.15, -0.1) is 0 Å². The molecular weight excluding hydrogens is 288 g/mol. The maximum absolute atomic E-state index is 12.9. The highest BCUT2D eigenvalue weighted by molar-refractivity contribution is 5.91. The van der Waals surface area contributed by atoms with E-state index in [0.29, 0.717) is 55.0 Å². The average molecular weight is 316 g/mol. The van der Waals surface area contributed by atoms with Crippen LogP contribution in [0, 0.1) is 34.5 Å². The normalized spacial score (nSPS) is 49.6. The fourth-order valence-corrected chi connectivity index (χ4v) is 7.07. The third-order valence-corrected chi connectivity index (χ3v) is 8.36. The van der Waals surface area contributed by atoms with Gasteiger partial charge in [-0.3, -0.25) is 14.4 Å². The topological polar surface area (TPSA) is 51.2 Å². The van der Waals surface area contributed by atoms with Gasteiger partial charge in [0.25, 0.3) is 0 Å². The van der Waals surface area contributed by atoms with Crippen LogP contribution in [0.25, 0.3) is 0 Å². The zero-order valence-electron chi connectivity index (χ0n) is 14.4. The molecule has 3 unspecified atom stereocenters. The van der Waals surface area contributed by atoms with Crippen LogP contribution < -0.4 is 0 Å². The molecule has 23 heavy (non-hydrogen) atoms. The highest BCUT2D eigenvalue weighted by Crippen LogP contribution is 2.65. The number of ketones is 3. The predicted octanol–water partition coefficient (Wildman–Crippen LogP) is 3.74. The van der Waals surface area contributed by atoms with Gasteiger partial charge < -0.3 is 0 Å². The number of Topliss-reactive ketones (excluding diaryl/α,β-unsaturated/α-hetero) is 3. The van der Waals surface area contributed by atoms with Gasteiger partial charge >= 0.3 is 0 Å². The first-order valence-electron chi connectivity index (χ1n) is 9.50. The SMILES string of the molecule is CC[C@]12CCC(=O)C[C@@H]1C(=O)CC1C2CC[C@]2(C)C(=O)CCC12. The number of fused-ring (bicyclic) bond motifs is 5. The van der Waals surface area contributed by atoms with Gasteiger partial charge in [-0.2, -0.15) is 0 Å². The molecule has 3 heteroatoms. The molecule has 0 aromatic heterocycles. The van der Waals surface area contributed by atoms with E-state index in [1.807, 2.05) is 0 Å². The number of carbonyl (C=O) groups is 3. The Morgan fingerprint density at radius 1 is 1.00 bits per heavy atom. The van der Waals surface area contributed by atoms with Gasteiger partial charge in [-0.1, -0.05) is 13.8 Å². The van der Waals surface area contributed by atoms with Crippen LogP contribution in [0.4, 0.5) is 0 Å². The smallest absolute Gasteiger partial charge is 0.139 e. The van der Waals surface area contributed by atoms with Gasteiger partial charge in [0.1, 0.15) is 17.3 Å². The quantitative estimate of drug-likeness (QED) is 0.740. The number of hydrogen-bond acceptors (Lipinski definition) is 3. The van der Waals surface area contributed by atoms with E-state index in [0.717, 1.165) is 32.1 Å². The lowest BCUT2D eigenvalue weighted by Crippen LogP contribution is -2.57. The summed E-state index contributed by atoms with van der Waals surface area (Å²) in [5, 5.41) is 0. The standard InChI is InChI=1S/C20H28O3/c1-3-20-9-6-12(21)10-16(20)17(22)11-13-14-4-5-18(23)19(14,2)8-7-15(13)20/h13-16H,3-11H2,1-2H3/t13?,14?,15?,16-,19+,20-/m1/s1. The van der Waals surface area contributed by atoms with E-state index in [2.05, 4.69) is 13.8 Å². The molecule has 0 amide bonds. The first-order chi connectivity index (χ1) is 10.9. The Hall–Kier alpha value is -0.990. The van der Waals surface area contributed by atoms with E-state index in [1.54, 1.807) is 0 Å². The number of carbonyl (C=O) groups excluding carboxylic acids is 3. The zero-order valence-corrected chi connectivity index (χ0v) is 14.4. The molecule has 4 aliphatic rings. The molecule has 4 rings (SSSR count).